The number of hydrogen-bond donors (Lipinski definition) is 0. The first kappa shape index (κ1) is 24.5. The van der Waals surface area contributed by atoms with E-state index < -0.39 is 6.04 Å². The highest BCUT2D eigenvalue weighted by Crippen LogP contribution is 2.41. The Kier molecular flexibility index (Phi) is 6.25. The summed E-state index contributed by atoms with van der Waals surface area (Å²) < 4.78 is 49.3. The molecule has 0 fully saturated rings. The third-order valence-electron chi connectivity index (χ3n) is 9.20. The molecule has 0 N–H and O–H groups in total. The summed E-state index contributed by atoms with van der Waals surface area (Å²) in [7, 11) is 0. The number of hydrogen-bond acceptors (Lipinski definition) is 2. The molecule has 0 atom stereocenters. The van der Waals surface area contributed by atoms with Gasteiger partial charge < -0.3 is 9.32 Å². The molecule has 0 aliphatic rings. The number of fused-ring (bicyclic) bond motifs is 3. The van der Waals surface area contributed by atoms with Crippen LogP contribution < -0.4 is 4.90 Å². The van der Waals surface area contributed by atoms with Crippen LogP contribution in [0.5, 0.6) is 0 Å². The molecule has 0 unspecified atom stereocenters. The molecule has 2 nitrogen and oxygen atoms in total. The van der Waals surface area contributed by atoms with E-state index in [4.69, 9.17) is 11.3 Å². The first-order valence-electron chi connectivity index (χ1n) is 19.1. The Morgan fingerprint density at radius 3 is 1.64 bits per heavy atom. The van der Waals surface area contributed by atoms with Crippen molar-refractivity contribution in [3.8, 4) is 44.5 Å². The summed E-state index contributed by atoms with van der Waals surface area (Å²) in [6, 6.07) is 55.2. The fraction of sp³-hybridized carbons (Fsp3) is 0. The van der Waals surface area contributed by atoms with Crippen LogP contribution in [0, 0.1) is 0 Å². The molecule has 0 aliphatic heterocycles. The molecular weight excluding hydrogens is 607 g/mol. The van der Waals surface area contributed by atoms with Crippen molar-refractivity contribution in [2.75, 3.05) is 4.90 Å². The van der Waals surface area contributed by atoms with Gasteiger partial charge in [0.1, 0.15) is 11.2 Å². The van der Waals surface area contributed by atoms with Gasteiger partial charge in [-0.3, -0.25) is 0 Å². The van der Waals surface area contributed by atoms with Gasteiger partial charge in [0.05, 0.1) is 6.85 Å². The Balaban J connectivity index is 1.15. The molecule has 50 heavy (non-hydrogen) atoms. The molecule has 0 bridgehead atoms. The average molecular weight is 645 g/mol. The quantitative estimate of drug-likeness (QED) is 0.172. The highest BCUT2D eigenvalue weighted by Gasteiger charge is 2.16. The first-order chi connectivity index (χ1) is 26.9. The lowest BCUT2D eigenvalue weighted by Crippen LogP contribution is -2.09. The van der Waals surface area contributed by atoms with Crippen molar-refractivity contribution in [2.45, 2.75) is 0 Å². The Hall–Kier alpha value is -6.64. The lowest BCUT2D eigenvalue weighted by molar-refractivity contribution is 0.669. The van der Waals surface area contributed by atoms with Crippen LogP contribution in [-0.4, -0.2) is 0 Å². The zero-order valence-corrected chi connectivity index (χ0v) is 27.0. The molecule has 2 heteroatoms. The molecule has 0 saturated carbocycles. The van der Waals surface area contributed by atoms with Gasteiger partial charge >= 0.3 is 0 Å². The van der Waals surface area contributed by atoms with Gasteiger partial charge in [-0.05, 0) is 99.1 Å². The smallest absolute Gasteiger partial charge is 0.136 e. The summed E-state index contributed by atoms with van der Waals surface area (Å²) in [5.41, 5.74) is 11.5. The van der Waals surface area contributed by atoms with Crippen LogP contribution >= 0.6 is 0 Å². The minimum absolute atomic E-state index is 0.0769. The third-order valence-corrected chi connectivity index (χ3v) is 9.20. The standard InChI is InChI=1S/C48H33NO/c1-4-13-35(14-5-1)42-32-27-38(33-45(42)36-15-6-2-7-16-36)34-23-28-40(29-24-34)49(39-17-8-3-9-18-39)41-30-25-37(26-31-41)43-20-12-22-47-48(43)44-19-10-11-21-46(44)50-47/h1-33H/i3D,8D,9D,17D,18D. The molecule has 8 aromatic carbocycles. The van der Waals surface area contributed by atoms with Crippen molar-refractivity contribution in [3.63, 3.8) is 0 Å². The maximum atomic E-state index is 8.94. The highest BCUT2D eigenvalue weighted by atomic mass is 16.3. The van der Waals surface area contributed by atoms with Crippen LogP contribution in [0.1, 0.15) is 6.85 Å². The molecule has 236 valence electrons. The first-order valence-corrected chi connectivity index (χ1v) is 16.6. The van der Waals surface area contributed by atoms with E-state index in [2.05, 4.69) is 54.6 Å². The summed E-state index contributed by atoms with van der Waals surface area (Å²) in [5, 5.41) is 2.06. The summed E-state index contributed by atoms with van der Waals surface area (Å²) in [6.07, 6.45) is 0. The minimum atomic E-state index is -0.432. The molecule has 0 radical (unpaired) electrons. The van der Waals surface area contributed by atoms with Crippen molar-refractivity contribution in [1.82, 2.24) is 0 Å². The van der Waals surface area contributed by atoms with E-state index in [9.17, 15) is 0 Å². The van der Waals surface area contributed by atoms with E-state index >= 15 is 0 Å². The zero-order chi connectivity index (χ0) is 37.6. The summed E-state index contributed by atoms with van der Waals surface area (Å²) in [5.74, 6) is 0. The molecule has 0 amide bonds. The SMILES string of the molecule is [2H]c1c([2H])c([2H])c(N(c2ccc(-c3ccc(-c4ccccc4)c(-c4ccccc4)c3)cc2)c2ccc(-c3cccc4oc5ccccc5c34)cc2)c([2H])c1[2H]. The third kappa shape index (κ3) is 5.43. The van der Waals surface area contributed by atoms with E-state index in [0.29, 0.717) is 11.4 Å². The Bertz CT molecular complexity index is 2820. The molecule has 9 aromatic rings. The Morgan fingerprint density at radius 1 is 0.380 bits per heavy atom. The zero-order valence-electron chi connectivity index (χ0n) is 32.0. The molecule has 1 aromatic heterocycles. The fourth-order valence-electron chi connectivity index (χ4n) is 6.82. The van der Waals surface area contributed by atoms with Gasteiger partial charge in [-0.15, -0.1) is 0 Å². The second kappa shape index (κ2) is 12.8. The minimum Gasteiger partial charge on any atom is -0.456 e. The van der Waals surface area contributed by atoms with Crippen LogP contribution in [0.3, 0.4) is 0 Å². The molecular formula is C48H33NO. The fourth-order valence-corrected chi connectivity index (χ4v) is 6.82. The number of benzene rings is 8. The maximum Gasteiger partial charge on any atom is 0.136 e. The second-order valence-corrected chi connectivity index (χ2v) is 12.2. The van der Waals surface area contributed by atoms with Gasteiger partial charge in [-0.25, -0.2) is 0 Å². The molecule has 0 aliphatic carbocycles. The van der Waals surface area contributed by atoms with Crippen LogP contribution in [0.15, 0.2) is 204 Å². The monoisotopic (exact) mass is 644 g/mol. The topological polar surface area (TPSA) is 16.4 Å². The van der Waals surface area contributed by atoms with E-state index in [1.807, 2.05) is 115 Å². The van der Waals surface area contributed by atoms with Crippen LogP contribution in [0.25, 0.3) is 66.4 Å². The average Bonchev–Trinajstić information content (AvgIpc) is 3.63. The molecule has 0 saturated heterocycles. The van der Waals surface area contributed by atoms with Crippen LogP contribution in [0.2, 0.25) is 0 Å². The van der Waals surface area contributed by atoms with E-state index in [0.717, 1.165) is 66.4 Å². The number of rotatable bonds is 7. The lowest BCUT2D eigenvalue weighted by Gasteiger charge is -2.26. The summed E-state index contributed by atoms with van der Waals surface area (Å²) in [4.78, 5) is 1.75. The number of nitrogens with zero attached hydrogens (tertiary/aromatic N) is 1. The summed E-state index contributed by atoms with van der Waals surface area (Å²) in [6.45, 7) is 0. The normalized spacial score (nSPS) is 12.6. The van der Waals surface area contributed by atoms with Gasteiger partial charge in [0, 0.05) is 27.8 Å². The molecule has 9 rings (SSSR count). The van der Waals surface area contributed by atoms with Crippen molar-refractivity contribution < 1.29 is 11.3 Å². The predicted molar refractivity (Wildman–Crippen MR) is 210 cm³/mol. The van der Waals surface area contributed by atoms with Gasteiger partial charge in [0.25, 0.3) is 0 Å². The van der Waals surface area contributed by atoms with E-state index in [-0.39, 0.29) is 29.9 Å². The van der Waals surface area contributed by atoms with Gasteiger partial charge in [0.2, 0.25) is 0 Å². The predicted octanol–water partition coefficient (Wildman–Crippen LogP) is 13.7. The Morgan fingerprint density at radius 2 is 0.940 bits per heavy atom. The highest BCUT2D eigenvalue weighted by molar-refractivity contribution is 6.12. The molecule has 0 spiro atoms. The van der Waals surface area contributed by atoms with E-state index in [1.165, 1.54) is 0 Å². The van der Waals surface area contributed by atoms with E-state index in [1.54, 1.807) is 4.90 Å². The van der Waals surface area contributed by atoms with Gasteiger partial charge in [-0.1, -0.05) is 146 Å². The molecule has 1 heterocycles. The van der Waals surface area contributed by atoms with Crippen LogP contribution in [-0.2, 0) is 0 Å². The van der Waals surface area contributed by atoms with Crippen molar-refractivity contribution in [1.29, 1.82) is 0 Å². The van der Waals surface area contributed by atoms with Crippen molar-refractivity contribution >= 4 is 39.0 Å². The van der Waals surface area contributed by atoms with Crippen LogP contribution in [0.4, 0.5) is 17.1 Å². The largest absolute Gasteiger partial charge is 0.456 e. The number of anilines is 3. The number of furan rings is 1. The second-order valence-electron chi connectivity index (χ2n) is 12.2. The van der Waals surface area contributed by atoms with Gasteiger partial charge in [-0.2, -0.15) is 0 Å². The maximum absolute atomic E-state index is 8.94. The van der Waals surface area contributed by atoms with Crippen molar-refractivity contribution in [3.05, 3.63) is 200 Å². The number of para-hydroxylation sites is 2. The lowest BCUT2D eigenvalue weighted by atomic mass is 9.91. The van der Waals surface area contributed by atoms with Gasteiger partial charge in [0.15, 0.2) is 0 Å². The summed E-state index contributed by atoms with van der Waals surface area (Å²) >= 11 is 0. The Labute approximate surface area is 299 Å². The van der Waals surface area contributed by atoms with Crippen molar-refractivity contribution in [2.24, 2.45) is 0 Å².